The minimum atomic E-state index is -2.63. The lowest BCUT2D eigenvalue weighted by Gasteiger charge is -2.36. The molecular formula is C12H17O3PS. The van der Waals surface area contributed by atoms with Crippen LogP contribution in [0.4, 0.5) is 0 Å². The molecule has 1 aromatic carbocycles. The normalized spacial score (nSPS) is 33.4. The molecule has 17 heavy (non-hydrogen) atoms. The van der Waals surface area contributed by atoms with Gasteiger partial charge in [-0.1, -0.05) is 17.7 Å². The Labute approximate surface area is 108 Å². The Morgan fingerprint density at radius 1 is 1.18 bits per heavy atom. The van der Waals surface area contributed by atoms with Crippen molar-refractivity contribution in [1.29, 1.82) is 0 Å². The maximum Gasteiger partial charge on any atom is 0.335 e. The Morgan fingerprint density at radius 3 is 2.24 bits per heavy atom. The summed E-state index contributed by atoms with van der Waals surface area (Å²) in [5.74, 6) is 0.709. The van der Waals surface area contributed by atoms with Gasteiger partial charge in [0.2, 0.25) is 0 Å². The molecule has 1 fully saturated rings. The molecule has 5 heteroatoms. The van der Waals surface area contributed by atoms with Gasteiger partial charge in [0.1, 0.15) is 12.2 Å². The zero-order valence-corrected chi connectivity index (χ0v) is 12.0. The van der Waals surface area contributed by atoms with E-state index in [1.807, 2.05) is 45.0 Å². The number of rotatable bonds is 2. The first-order chi connectivity index (χ1) is 7.97. The van der Waals surface area contributed by atoms with Crippen LogP contribution in [0.5, 0.6) is 5.75 Å². The highest BCUT2D eigenvalue weighted by Gasteiger charge is 2.41. The summed E-state index contributed by atoms with van der Waals surface area (Å²) in [5.41, 5.74) is 1.18. The monoisotopic (exact) mass is 272 g/mol. The molecule has 0 bridgehead atoms. The zero-order chi connectivity index (χ0) is 12.5. The van der Waals surface area contributed by atoms with Crippen molar-refractivity contribution in [3.63, 3.8) is 0 Å². The van der Waals surface area contributed by atoms with Gasteiger partial charge in [-0.05, 0) is 32.9 Å². The molecule has 2 rings (SSSR count). The van der Waals surface area contributed by atoms with E-state index in [0.717, 1.165) is 6.42 Å². The topological polar surface area (TPSA) is 27.7 Å². The van der Waals surface area contributed by atoms with Gasteiger partial charge < -0.3 is 16.8 Å². The molecule has 1 unspecified atom stereocenters. The lowest BCUT2D eigenvalue weighted by atomic mass is 10.2. The van der Waals surface area contributed by atoms with E-state index in [1.54, 1.807) is 0 Å². The molecule has 94 valence electrons. The predicted molar refractivity (Wildman–Crippen MR) is 71.8 cm³/mol. The average Bonchev–Trinajstić information content (AvgIpc) is 2.19. The van der Waals surface area contributed by atoms with Crippen molar-refractivity contribution in [2.45, 2.75) is 39.4 Å². The summed E-state index contributed by atoms with van der Waals surface area (Å²) < 4.78 is 17.0. The molecule has 0 spiro atoms. The van der Waals surface area contributed by atoms with Gasteiger partial charge in [0.05, 0.1) is 0 Å². The van der Waals surface area contributed by atoms with Crippen LogP contribution in [0.1, 0.15) is 25.8 Å². The third kappa shape index (κ3) is 3.59. The number of aryl methyl sites for hydroxylation is 1. The Balaban J connectivity index is 2.08. The van der Waals surface area contributed by atoms with Crippen molar-refractivity contribution in [2.24, 2.45) is 0 Å². The maximum absolute atomic E-state index is 5.72. The van der Waals surface area contributed by atoms with Crippen LogP contribution >= 0.6 is 7.15 Å². The molecule has 0 aromatic heterocycles. The van der Waals surface area contributed by atoms with Crippen molar-refractivity contribution in [2.75, 3.05) is 0 Å². The average molecular weight is 272 g/mol. The molecule has 3 nitrogen and oxygen atoms in total. The zero-order valence-electron chi connectivity index (χ0n) is 10.3. The Hall–Kier alpha value is -0.280. The summed E-state index contributed by atoms with van der Waals surface area (Å²) in [4.78, 5) is 0. The van der Waals surface area contributed by atoms with Gasteiger partial charge in [-0.25, -0.2) is 0 Å². The van der Waals surface area contributed by atoms with E-state index in [2.05, 4.69) is 0 Å². The SMILES string of the molecule is Cc1ccc(O[P+]2([S-])O[C@H](C)C[C@H](C)O2)cc1. The molecular weight excluding hydrogens is 255 g/mol. The molecule has 0 amide bonds. The quantitative estimate of drug-likeness (QED) is 0.604. The van der Waals surface area contributed by atoms with Crippen LogP contribution in [0, 0.1) is 6.92 Å². The second kappa shape index (κ2) is 5.15. The van der Waals surface area contributed by atoms with E-state index in [1.165, 1.54) is 5.56 Å². The summed E-state index contributed by atoms with van der Waals surface area (Å²) in [6, 6.07) is 7.74. The fourth-order valence-corrected chi connectivity index (χ4v) is 4.50. The van der Waals surface area contributed by atoms with Crippen LogP contribution < -0.4 is 4.52 Å². The van der Waals surface area contributed by atoms with Crippen LogP contribution in [0.2, 0.25) is 0 Å². The summed E-state index contributed by atoms with van der Waals surface area (Å²) in [6.07, 6.45) is 1.04. The van der Waals surface area contributed by atoms with Gasteiger partial charge >= 0.3 is 7.15 Å². The highest BCUT2D eigenvalue weighted by Crippen LogP contribution is 2.63. The summed E-state index contributed by atoms with van der Waals surface area (Å²) in [6.45, 7) is 6.03. The standard InChI is InChI=1S/C12H17O3PS/c1-9-4-6-12(7-5-9)15-16(17)13-10(2)8-11(3)14-16/h4-7,10-11H,8H2,1-3H3/t10-,11+,16?. The molecule has 0 radical (unpaired) electrons. The Kier molecular flexibility index (Phi) is 3.99. The molecule has 1 aliphatic rings. The minimum Gasteiger partial charge on any atom is -0.449 e. The number of hydrogen-bond donors (Lipinski definition) is 0. The van der Waals surface area contributed by atoms with Gasteiger partial charge in [-0.15, -0.1) is 0 Å². The number of hydrogen-bond acceptors (Lipinski definition) is 4. The summed E-state index contributed by atoms with van der Waals surface area (Å²) in [5, 5.41) is 0. The highest BCUT2D eigenvalue weighted by molar-refractivity contribution is 8.36. The van der Waals surface area contributed by atoms with E-state index in [0.29, 0.717) is 5.75 Å². The smallest absolute Gasteiger partial charge is 0.335 e. The van der Waals surface area contributed by atoms with E-state index in [-0.39, 0.29) is 12.2 Å². The van der Waals surface area contributed by atoms with Gasteiger partial charge in [-0.3, -0.25) is 0 Å². The van der Waals surface area contributed by atoms with Crippen molar-refractivity contribution in [3.05, 3.63) is 29.8 Å². The molecule has 1 heterocycles. The van der Waals surface area contributed by atoms with Crippen molar-refractivity contribution in [3.8, 4) is 5.75 Å². The van der Waals surface area contributed by atoms with Gasteiger partial charge in [0, 0.05) is 6.42 Å². The third-order valence-corrected chi connectivity index (χ3v) is 4.93. The first kappa shape index (κ1) is 13.2. The lowest BCUT2D eigenvalue weighted by Crippen LogP contribution is -2.28. The maximum atomic E-state index is 5.72. The summed E-state index contributed by atoms with van der Waals surface area (Å²) >= 11 is 5.37. The molecule has 0 aliphatic carbocycles. The predicted octanol–water partition coefficient (Wildman–Crippen LogP) is 3.81. The van der Waals surface area contributed by atoms with Gasteiger partial charge in [0.15, 0.2) is 5.75 Å². The lowest BCUT2D eigenvalue weighted by molar-refractivity contribution is 0.0452. The van der Waals surface area contributed by atoms with E-state index < -0.39 is 7.15 Å². The van der Waals surface area contributed by atoms with Crippen LogP contribution in [-0.4, -0.2) is 12.2 Å². The van der Waals surface area contributed by atoms with Crippen LogP contribution in [-0.2, 0) is 21.3 Å². The second-order valence-corrected chi connectivity index (χ2v) is 7.26. The third-order valence-electron chi connectivity index (χ3n) is 2.52. The van der Waals surface area contributed by atoms with E-state index in [9.17, 15) is 0 Å². The molecule has 1 aliphatic heterocycles. The number of benzene rings is 1. The summed E-state index contributed by atoms with van der Waals surface area (Å²) in [7, 11) is -2.63. The first-order valence-corrected chi connectivity index (χ1v) is 8.25. The van der Waals surface area contributed by atoms with Gasteiger partial charge in [-0.2, -0.15) is 9.05 Å². The first-order valence-electron chi connectivity index (χ1n) is 5.70. The van der Waals surface area contributed by atoms with Crippen molar-refractivity contribution in [1.82, 2.24) is 0 Å². The van der Waals surface area contributed by atoms with E-state index >= 15 is 0 Å². The Bertz CT molecular complexity index is 372. The van der Waals surface area contributed by atoms with Crippen molar-refractivity contribution < 1.29 is 13.6 Å². The molecule has 3 atom stereocenters. The molecule has 0 saturated carbocycles. The minimum absolute atomic E-state index is 0.0926. The molecule has 0 N–H and O–H groups in total. The van der Waals surface area contributed by atoms with Crippen LogP contribution in [0.25, 0.3) is 0 Å². The highest BCUT2D eigenvalue weighted by atomic mass is 32.7. The molecule has 1 aromatic rings. The fraction of sp³-hybridized carbons (Fsp3) is 0.500. The van der Waals surface area contributed by atoms with Crippen molar-refractivity contribution >= 4 is 19.4 Å². The fourth-order valence-electron chi connectivity index (χ4n) is 1.79. The second-order valence-electron chi connectivity index (χ2n) is 4.42. The van der Waals surface area contributed by atoms with Gasteiger partial charge in [0.25, 0.3) is 0 Å². The van der Waals surface area contributed by atoms with Crippen LogP contribution in [0.15, 0.2) is 24.3 Å². The van der Waals surface area contributed by atoms with E-state index in [4.69, 9.17) is 25.8 Å². The molecule has 1 saturated heterocycles. The Morgan fingerprint density at radius 2 is 1.71 bits per heavy atom. The largest absolute Gasteiger partial charge is 0.449 e. The van der Waals surface area contributed by atoms with Crippen LogP contribution in [0.3, 0.4) is 0 Å².